The minimum absolute atomic E-state index is 0.0712. The lowest BCUT2D eigenvalue weighted by molar-refractivity contribution is -0.115. The average Bonchev–Trinajstić information content (AvgIpc) is 3.23. The summed E-state index contributed by atoms with van der Waals surface area (Å²) in [5.41, 5.74) is 2.06. The Hall–Kier alpha value is -2.12. The molecule has 0 radical (unpaired) electrons. The Morgan fingerprint density at radius 3 is 3.00 bits per heavy atom. The van der Waals surface area contributed by atoms with E-state index < -0.39 is 0 Å². The zero-order chi connectivity index (χ0) is 18.1. The lowest BCUT2D eigenvalue weighted by Crippen LogP contribution is -2.22. The van der Waals surface area contributed by atoms with E-state index >= 15 is 0 Å². The van der Waals surface area contributed by atoms with Gasteiger partial charge in [0, 0.05) is 10.3 Å². The number of aromatic nitrogens is 2. The molecule has 3 aromatic rings. The molecular weight excluding hydrogens is 366 g/mol. The second-order valence-electron chi connectivity index (χ2n) is 6.17. The number of para-hydroxylation sites is 2. The van der Waals surface area contributed by atoms with Gasteiger partial charge in [-0.2, -0.15) is 0 Å². The van der Waals surface area contributed by atoms with Crippen LogP contribution in [-0.4, -0.2) is 28.2 Å². The first-order valence-electron chi connectivity index (χ1n) is 8.53. The van der Waals surface area contributed by atoms with Crippen molar-refractivity contribution < 1.29 is 9.53 Å². The van der Waals surface area contributed by atoms with E-state index in [1.165, 1.54) is 28.6 Å². The molecule has 0 saturated heterocycles. The number of nitrogens with zero attached hydrogens (tertiary/aromatic N) is 2. The van der Waals surface area contributed by atoms with E-state index in [4.69, 9.17) is 4.74 Å². The topological polar surface area (TPSA) is 64.1 Å². The number of hydrogen-bond acceptors (Lipinski definition) is 6. The maximum atomic E-state index is 12.7. The van der Waals surface area contributed by atoms with Crippen molar-refractivity contribution in [3.05, 3.63) is 41.0 Å². The highest BCUT2D eigenvalue weighted by atomic mass is 32.2. The van der Waals surface area contributed by atoms with Gasteiger partial charge in [0.05, 0.1) is 18.0 Å². The number of carbonyl (C=O) groups is 1. The monoisotopic (exact) mass is 385 g/mol. The second kappa shape index (κ2) is 7.25. The van der Waals surface area contributed by atoms with Crippen molar-refractivity contribution in [1.82, 2.24) is 9.97 Å². The Kier molecular flexibility index (Phi) is 4.82. The number of rotatable bonds is 5. The third-order valence-electron chi connectivity index (χ3n) is 4.49. The molecule has 2 heterocycles. The molecule has 0 bridgehead atoms. The molecule has 0 saturated carbocycles. The lowest BCUT2D eigenvalue weighted by Gasteiger charge is -2.14. The SMILES string of the molecule is COc1ccccc1NC(=O)[C@H](C)Sc1ncnc2sc3c(c12)CCC3. The van der Waals surface area contributed by atoms with Crippen molar-refractivity contribution >= 4 is 44.9 Å². The molecule has 1 amide bonds. The van der Waals surface area contributed by atoms with Crippen molar-refractivity contribution in [3.8, 4) is 5.75 Å². The zero-order valence-electron chi connectivity index (χ0n) is 14.6. The van der Waals surface area contributed by atoms with E-state index in [-0.39, 0.29) is 11.2 Å². The third kappa shape index (κ3) is 3.17. The maximum absolute atomic E-state index is 12.7. The predicted octanol–water partition coefficient (Wildman–Crippen LogP) is 4.31. The summed E-state index contributed by atoms with van der Waals surface area (Å²) in [6.45, 7) is 1.90. The Morgan fingerprint density at radius 2 is 2.15 bits per heavy atom. The van der Waals surface area contributed by atoms with E-state index in [1.54, 1.807) is 24.8 Å². The number of aryl methyl sites for hydroxylation is 2. The average molecular weight is 386 g/mol. The van der Waals surface area contributed by atoms with Gasteiger partial charge in [0.1, 0.15) is 21.9 Å². The molecule has 1 atom stereocenters. The fourth-order valence-corrected chi connectivity index (χ4v) is 5.43. The number of thioether (sulfide) groups is 1. The standard InChI is InChI=1S/C19H19N3O2S2/c1-11(17(23)22-13-7-3-4-8-14(13)24-2)25-18-16-12-6-5-9-15(12)26-19(16)21-10-20-18/h3-4,7-8,10-11H,5-6,9H2,1-2H3,(H,22,23)/t11-/m0/s1. The number of nitrogens with one attached hydrogen (secondary N) is 1. The van der Waals surface area contributed by atoms with E-state index in [1.807, 2.05) is 31.2 Å². The molecule has 2 aromatic heterocycles. The van der Waals surface area contributed by atoms with Gasteiger partial charge in [0.15, 0.2) is 0 Å². The first-order chi connectivity index (χ1) is 12.7. The van der Waals surface area contributed by atoms with Crippen LogP contribution in [0.15, 0.2) is 35.6 Å². The van der Waals surface area contributed by atoms with Gasteiger partial charge in [-0.25, -0.2) is 9.97 Å². The highest BCUT2D eigenvalue weighted by Crippen LogP contribution is 2.41. The molecule has 1 N–H and O–H groups in total. The molecule has 0 fully saturated rings. The molecule has 0 aliphatic heterocycles. The van der Waals surface area contributed by atoms with Crippen molar-refractivity contribution in [2.45, 2.75) is 36.5 Å². The highest BCUT2D eigenvalue weighted by molar-refractivity contribution is 8.00. The molecule has 5 nitrogen and oxygen atoms in total. The van der Waals surface area contributed by atoms with Crippen LogP contribution in [0.25, 0.3) is 10.2 Å². The van der Waals surface area contributed by atoms with Crippen LogP contribution in [0, 0.1) is 0 Å². The van der Waals surface area contributed by atoms with Crippen LogP contribution in [0.3, 0.4) is 0 Å². The number of fused-ring (bicyclic) bond motifs is 3. The van der Waals surface area contributed by atoms with E-state index in [2.05, 4.69) is 15.3 Å². The first kappa shape index (κ1) is 17.3. The second-order valence-corrected chi connectivity index (χ2v) is 8.58. The summed E-state index contributed by atoms with van der Waals surface area (Å²) < 4.78 is 5.30. The molecule has 4 rings (SSSR count). The predicted molar refractivity (Wildman–Crippen MR) is 106 cm³/mol. The van der Waals surface area contributed by atoms with Crippen LogP contribution in [0.1, 0.15) is 23.8 Å². The Morgan fingerprint density at radius 1 is 1.31 bits per heavy atom. The normalized spacial score (nSPS) is 14.2. The number of ether oxygens (including phenoxy) is 1. The molecular formula is C19H19N3O2S2. The molecule has 1 aliphatic rings. The largest absolute Gasteiger partial charge is 0.495 e. The molecule has 1 aliphatic carbocycles. The number of thiophene rings is 1. The van der Waals surface area contributed by atoms with Gasteiger partial charge < -0.3 is 10.1 Å². The number of benzene rings is 1. The van der Waals surface area contributed by atoms with Crippen LogP contribution in [0.5, 0.6) is 5.75 Å². The Balaban J connectivity index is 1.56. The first-order valence-corrected chi connectivity index (χ1v) is 10.2. The number of anilines is 1. The number of methoxy groups -OCH3 is 1. The van der Waals surface area contributed by atoms with Gasteiger partial charge in [-0.15, -0.1) is 11.3 Å². The fraction of sp³-hybridized carbons (Fsp3) is 0.316. The van der Waals surface area contributed by atoms with Gasteiger partial charge in [-0.05, 0) is 43.9 Å². The number of amides is 1. The zero-order valence-corrected chi connectivity index (χ0v) is 16.2. The van der Waals surface area contributed by atoms with Crippen molar-refractivity contribution in [2.75, 3.05) is 12.4 Å². The number of hydrogen-bond donors (Lipinski definition) is 1. The lowest BCUT2D eigenvalue weighted by atomic mass is 10.2. The minimum atomic E-state index is -0.282. The van der Waals surface area contributed by atoms with Crippen LogP contribution >= 0.6 is 23.1 Å². The summed E-state index contributed by atoms with van der Waals surface area (Å²) in [6.07, 6.45) is 5.00. The molecule has 0 spiro atoms. The minimum Gasteiger partial charge on any atom is -0.495 e. The third-order valence-corrected chi connectivity index (χ3v) is 6.79. The summed E-state index contributed by atoms with van der Waals surface area (Å²) in [6, 6.07) is 7.42. The Labute approximate surface area is 160 Å². The van der Waals surface area contributed by atoms with Gasteiger partial charge in [0.2, 0.25) is 5.91 Å². The van der Waals surface area contributed by atoms with Crippen molar-refractivity contribution in [2.24, 2.45) is 0 Å². The molecule has 26 heavy (non-hydrogen) atoms. The van der Waals surface area contributed by atoms with E-state index in [0.29, 0.717) is 11.4 Å². The smallest absolute Gasteiger partial charge is 0.237 e. The summed E-state index contributed by atoms with van der Waals surface area (Å²) in [7, 11) is 1.60. The van der Waals surface area contributed by atoms with E-state index in [9.17, 15) is 4.79 Å². The fourth-order valence-electron chi connectivity index (χ4n) is 3.19. The van der Waals surface area contributed by atoms with Crippen LogP contribution in [0.2, 0.25) is 0 Å². The maximum Gasteiger partial charge on any atom is 0.237 e. The van der Waals surface area contributed by atoms with Crippen LogP contribution in [-0.2, 0) is 17.6 Å². The van der Waals surface area contributed by atoms with Gasteiger partial charge >= 0.3 is 0 Å². The summed E-state index contributed by atoms with van der Waals surface area (Å²) in [5, 5.41) is 4.71. The molecule has 1 aromatic carbocycles. The quantitative estimate of drug-likeness (QED) is 0.524. The van der Waals surface area contributed by atoms with Gasteiger partial charge in [-0.3, -0.25) is 4.79 Å². The highest BCUT2D eigenvalue weighted by Gasteiger charge is 2.24. The summed E-state index contributed by atoms with van der Waals surface area (Å²) in [4.78, 5) is 24.0. The van der Waals surface area contributed by atoms with E-state index in [0.717, 1.165) is 28.1 Å². The van der Waals surface area contributed by atoms with Gasteiger partial charge in [0.25, 0.3) is 0 Å². The Bertz CT molecular complexity index is 971. The summed E-state index contributed by atoms with van der Waals surface area (Å²) in [5.74, 6) is 0.580. The van der Waals surface area contributed by atoms with Crippen LogP contribution in [0.4, 0.5) is 5.69 Å². The molecule has 0 unspecified atom stereocenters. The molecule has 134 valence electrons. The molecule has 7 heteroatoms. The van der Waals surface area contributed by atoms with Gasteiger partial charge in [-0.1, -0.05) is 23.9 Å². The van der Waals surface area contributed by atoms with Crippen LogP contribution < -0.4 is 10.1 Å². The van der Waals surface area contributed by atoms with Crippen molar-refractivity contribution in [3.63, 3.8) is 0 Å². The summed E-state index contributed by atoms with van der Waals surface area (Å²) >= 11 is 3.25. The number of carbonyl (C=O) groups excluding carboxylic acids is 1. The van der Waals surface area contributed by atoms with Crippen molar-refractivity contribution in [1.29, 1.82) is 0 Å².